The van der Waals surface area contributed by atoms with Gasteiger partial charge in [-0.25, -0.2) is 0 Å². The number of hydrogen-bond acceptors (Lipinski definition) is 4. The normalized spacial score (nSPS) is 26.4. The maximum atomic E-state index is 12.0. The molecule has 2 aliphatic heterocycles. The molecule has 0 saturated heterocycles. The van der Waals surface area contributed by atoms with Crippen LogP contribution in [0.4, 0.5) is 0 Å². The van der Waals surface area contributed by atoms with Crippen LogP contribution < -0.4 is 14.8 Å². The van der Waals surface area contributed by atoms with Gasteiger partial charge in [0.05, 0.1) is 10.8 Å². The highest BCUT2D eigenvalue weighted by Crippen LogP contribution is 2.39. The van der Waals surface area contributed by atoms with Crippen molar-refractivity contribution in [3.05, 3.63) is 17.7 Å². The third kappa shape index (κ3) is 1.83. The van der Waals surface area contributed by atoms with Gasteiger partial charge in [0.1, 0.15) is 13.2 Å². The van der Waals surface area contributed by atoms with Crippen molar-refractivity contribution in [1.29, 1.82) is 0 Å². The summed E-state index contributed by atoms with van der Waals surface area (Å²) in [6.07, 6.45) is 0.899. The largest absolute Gasteiger partial charge is 0.486 e. The molecule has 2 unspecified atom stereocenters. The maximum absolute atomic E-state index is 12.0. The summed E-state index contributed by atoms with van der Waals surface area (Å²) in [6, 6.07) is 4.12. The van der Waals surface area contributed by atoms with E-state index < -0.39 is 10.8 Å². The predicted octanol–water partition coefficient (Wildman–Crippen LogP) is 1.23. The number of ether oxygens (including phenoxy) is 2. The molecule has 17 heavy (non-hydrogen) atoms. The zero-order valence-corrected chi connectivity index (χ0v) is 10.5. The molecule has 0 amide bonds. The van der Waals surface area contributed by atoms with Crippen LogP contribution in [-0.2, 0) is 10.8 Å². The summed E-state index contributed by atoms with van der Waals surface area (Å²) in [6.45, 7) is 1.15. The Balaban J connectivity index is 2.12. The zero-order valence-electron chi connectivity index (χ0n) is 9.69. The first-order chi connectivity index (χ1) is 8.29. The molecule has 0 aliphatic carbocycles. The van der Waals surface area contributed by atoms with E-state index in [4.69, 9.17) is 9.47 Å². The fraction of sp³-hybridized carbons (Fsp3) is 0.500. The van der Waals surface area contributed by atoms with Crippen LogP contribution in [0.3, 0.4) is 0 Å². The number of benzene rings is 1. The highest BCUT2D eigenvalue weighted by atomic mass is 32.2. The van der Waals surface area contributed by atoms with Crippen molar-refractivity contribution in [3.63, 3.8) is 0 Å². The van der Waals surface area contributed by atoms with Crippen LogP contribution in [0.1, 0.15) is 18.0 Å². The molecular formula is C12H15NO3S. The van der Waals surface area contributed by atoms with Crippen LogP contribution in [0.2, 0.25) is 0 Å². The first-order valence-electron chi connectivity index (χ1n) is 5.79. The first kappa shape index (κ1) is 11.0. The Bertz CT molecular complexity index is 475. The second kappa shape index (κ2) is 4.31. The molecular weight excluding hydrogens is 238 g/mol. The van der Waals surface area contributed by atoms with Gasteiger partial charge >= 0.3 is 0 Å². The molecule has 2 atom stereocenters. The molecule has 0 radical (unpaired) electrons. The zero-order chi connectivity index (χ0) is 11.8. The second-order valence-electron chi connectivity index (χ2n) is 4.21. The summed E-state index contributed by atoms with van der Waals surface area (Å²) in [4.78, 5) is 0.889. The lowest BCUT2D eigenvalue weighted by atomic mass is 10.0. The van der Waals surface area contributed by atoms with Crippen molar-refractivity contribution in [2.45, 2.75) is 17.4 Å². The fourth-order valence-corrected chi connectivity index (χ4v) is 3.72. The molecule has 3 rings (SSSR count). The maximum Gasteiger partial charge on any atom is 0.162 e. The van der Waals surface area contributed by atoms with Crippen LogP contribution in [0.5, 0.6) is 11.5 Å². The van der Waals surface area contributed by atoms with Gasteiger partial charge in [0, 0.05) is 22.8 Å². The van der Waals surface area contributed by atoms with Crippen LogP contribution in [0.25, 0.3) is 0 Å². The standard InChI is InChI=1S/C12H15NO3S/c1-13-9-2-5-17(14)12-7-11-10(6-8(9)12)15-3-4-16-11/h6-7,9,13H,2-5H2,1H3. The van der Waals surface area contributed by atoms with E-state index >= 15 is 0 Å². The van der Waals surface area contributed by atoms with Crippen molar-refractivity contribution in [3.8, 4) is 11.5 Å². The van der Waals surface area contributed by atoms with Gasteiger partial charge in [0.2, 0.25) is 0 Å². The van der Waals surface area contributed by atoms with Crippen molar-refractivity contribution >= 4 is 10.8 Å². The van der Waals surface area contributed by atoms with Gasteiger partial charge in [-0.05, 0) is 25.1 Å². The molecule has 0 bridgehead atoms. The third-order valence-electron chi connectivity index (χ3n) is 3.24. The number of rotatable bonds is 1. The summed E-state index contributed by atoms with van der Waals surface area (Å²) < 4.78 is 23.1. The Morgan fingerprint density at radius 2 is 2.00 bits per heavy atom. The molecule has 1 aromatic rings. The minimum absolute atomic E-state index is 0.263. The molecule has 2 aliphatic rings. The third-order valence-corrected chi connectivity index (χ3v) is 4.69. The average molecular weight is 253 g/mol. The van der Waals surface area contributed by atoms with Gasteiger partial charge in [0.15, 0.2) is 11.5 Å². The number of nitrogens with one attached hydrogen (secondary N) is 1. The summed E-state index contributed by atoms with van der Waals surface area (Å²) >= 11 is 0. The van der Waals surface area contributed by atoms with Gasteiger partial charge < -0.3 is 14.8 Å². The van der Waals surface area contributed by atoms with Crippen LogP contribution in [0.15, 0.2) is 17.0 Å². The molecule has 2 heterocycles. The fourth-order valence-electron chi connectivity index (χ4n) is 2.35. The highest BCUT2D eigenvalue weighted by Gasteiger charge is 2.27. The van der Waals surface area contributed by atoms with Crippen molar-refractivity contribution < 1.29 is 13.7 Å². The molecule has 1 N–H and O–H groups in total. The summed E-state index contributed by atoms with van der Waals surface area (Å²) in [7, 11) is 1.02. The summed E-state index contributed by atoms with van der Waals surface area (Å²) in [5, 5.41) is 3.26. The van der Waals surface area contributed by atoms with Crippen LogP contribution in [0, 0.1) is 0 Å². The van der Waals surface area contributed by atoms with Crippen molar-refractivity contribution in [2.24, 2.45) is 0 Å². The predicted molar refractivity (Wildman–Crippen MR) is 65.1 cm³/mol. The molecule has 5 heteroatoms. The van der Waals surface area contributed by atoms with Gasteiger partial charge in [-0.2, -0.15) is 0 Å². The average Bonchev–Trinajstić information content (AvgIpc) is 2.38. The Labute approximate surface area is 103 Å². The smallest absolute Gasteiger partial charge is 0.162 e. The Morgan fingerprint density at radius 3 is 2.71 bits per heavy atom. The quantitative estimate of drug-likeness (QED) is 0.818. The minimum atomic E-state index is -0.911. The number of hydrogen-bond donors (Lipinski definition) is 1. The van der Waals surface area contributed by atoms with Gasteiger partial charge in [-0.1, -0.05) is 0 Å². The molecule has 0 aromatic heterocycles. The number of fused-ring (bicyclic) bond motifs is 2. The van der Waals surface area contributed by atoms with E-state index in [1.165, 1.54) is 0 Å². The van der Waals surface area contributed by atoms with E-state index in [2.05, 4.69) is 5.32 Å². The summed E-state index contributed by atoms with van der Waals surface area (Å²) in [5.41, 5.74) is 1.08. The summed E-state index contributed by atoms with van der Waals surface area (Å²) in [5.74, 6) is 2.20. The molecule has 0 saturated carbocycles. The van der Waals surface area contributed by atoms with Gasteiger partial charge in [-0.3, -0.25) is 4.21 Å². The molecule has 0 spiro atoms. The first-order valence-corrected chi connectivity index (χ1v) is 7.10. The van der Waals surface area contributed by atoms with E-state index in [0.29, 0.717) is 19.0 Å². The molecule has 0 fully saturated rings. The van der Waals surface area contributed by atoms with E-state index in [1.54, 1.807) is 0 Å². The lowest BCUT2D eigenvalue weighted by molar-refractivity contribution is 0.170. The monoisotopic (exact) mass is 253 g/mol. The highest BCUT2D eigenvalue weighted by molar-refractivity contribution is 7.85. The molecule has 1 aromatic carbocycles. The van der Waals surface area contributed by atoms with E-state index in [-0.39, 0.29) is 6.04 Å². The van der Waals surface area contributed by atoms with Crippen LogP contribution in [-0.4, -0.2) is 30.2 Å². The lowest BCUT2D eigenvalue weighted by Crippen LogP contribution is -2.26. The Morgan fingerprint density at radius 1 is 1.29 bits per heavy atom. The lowest BCUT2D eigenvalue weighted by Gasteiger charge is -2.27. The van der Waals surface area contributed by atoms with Gasteiger partial charge in [0.25, 0.3) is 0 Å². The van der Waals surface area contributed by atoms with Crippen molar-refractivity contribution in [2.75, 3.05) is 26.0 Å². The van der Waals surface area contributed by atoms with Crippen LogP contribution >= 0.6 is 0 Å². The van der Waals surface area contributed by atoms with Crippen molar-refractivity contribution in [1.82, 2.24) is 5.32 Å². The Hall–Kier alpha value is -1.07. The minimum Gasteiger partial charge on any atom is -0.486 e. The molecule has 4 nitrogen and oxygen atoms in total. The second-order valence-corrected chi connectivity index (χ2v) is 5.75. The van der Waals surface area contributed by atoms with Gasteiger partial charge in [-0.15, -0.1) is 0 Å². The molecule has 92 valence electrons. The van der Waals surface area contributed by atoms with E-state index in [9.17, 15) is 4.21 Å². The SMILES string of the molecule is CNC1CCS(=O)c2cc3c(cc21)OCCO3. The Kier molecular flexibility index (Phi) is 2.80. The topological polar surface area (TPSA) is 47.6 Å². The van der Waals surface area contributed by atoms with E-state index in [1.807, 2.05) is 19.2 Å². The van der Waals surface area contributed by atoms with E-state index in [0.717, 1.165) is 28.4 Å².